The van der Waals surface area contributed by atoms with Gasteiger partial charge in [0.25, 0.3) is 5.91 Å². The van der Waals surface area contributed by atoms with Crippen LogP contribution in [0.5, 0.6) is 0 Å². The number of aromatic nitrogens is 1. The Hall–Kier alpha value is -2.36. The summed E-state index contributed by atoms with van der Waals surface area (Å²) >= 11 is 0. The van der Waals surface area contributed by atoms with Gasteiger partial charge in [-0.3, -0.25) is 9.78 Å². The van der Waals surface area contributed by atoms with Gasteiger partial charge in [-0.15, -0.1) is 0 Å². The Labute approximate surface area is 125 Å². The predicted molar refractivity (Wildman–Crippen MR) is 86.8 cm³/mol. The Bertz CT molecular complexity index is 596. The van der Waals surface area contributed by atoms with Crippen molar-refractivity contribution in [3.8, 4) is 0 Å². The van der Waals surface area contributed by atoms with E-state index in [0.717, 1.165) is 11.4 Å². The highest BCUT2D eigenvalue weighted by atomic mass is 16.2. The van der Waals surface area contributed by atoms with Crippen molar-refractivity contribution in [3.63, 3.8) is 0 Å². The predicted octanol–water partition coefficient (Wildman–Crippen LogP) is 3.57. The van der Waals surface area contributed by atoms with E-state index in [2.05, 4.69) is 24.1 Å². The van der Waals surface area contributed by atoms with Crippen LogP contribution in [0.4, 0.5) is 11.4 Å². The van der Waals surface area contributed by atoms with Crippen LogP contribution in [-0.4, -0.2) is 23.5 Å². The van der Waals surface area contributed by atoms with Gasteiger partial charge in [-0.25, -0.2) is 0 Å². The normalized spacial score (nSPS) is 10.5. The molecule has 1 aromatic heterocycles. The first-order valence-corrected chi connectivity index (χ1v) is 7.21. The van der Waals surface area contributed by atoms with Gasteiger partial charge in [0, 0.05) is 30.2 Å². The van der Waals surface area contributed by atoms with Crippen LogP contribution in [0.2, 0.25) is 0 Å². The molecule has 2 rings (SSSR count). The molecule has 0 aliphatic rings. The lowest BCUT2D eigenvalue weighted by atomic mass is 10.2. The third-order valence-electron chi connectivity index (χ3n) is 3.06. The Morgan fingerprint density at radius 2 is 1.95 bits per heavy atom. The van der Waals surface area contributed by atoms with Crippen LogP contribution in [0.1, 0.15) is 31.3 Å². The maximum atomic E-state index is 12.7. The van der Waals surface area contributed by atoms with Crippen LogP contribution in [0.3, 0.4) is 0 Å². The number of para-hydroxylation sites is 1. The van der Waals surface area contributed by atoms with Gasteiger partial charge in [0.1, 0.15) is 5.69 Å². The van der Waals surface area contributed by atoms with E-state index in [4.69, 9.17) is 0 Å². The molecule has 0 radical (unpaired) electrons. The zero-order valence-electron chi connectivity index (χ0n) is 12.7. The lowest BCUT2D eigenvalue weighted by molar-refractivity contribution is 0.0983. The van der Waals surface area contributed by atoms with E-state index >= 15 is 0 Å². The van der Waals surface area contributed by atoms with Crippen molar-refractivity contribution in [2.75, 3.05) is 16.8 Å². The van der Waals surface area contributed by atoms with Crippen molar-refractivity contribution in [2.24, 2.45) is 0 Å². The van der Waals surface area contributed by atoms with Crippen LogP contribution in [0, 0.1) is 0 Å². The van der Waals surface area contributed by atoms with Gasteiger partial charge in [0.2, 0.25) is 0 Å². The molecule has 0 fully saturated rings. The molecule has 110 valence electrons. The minimum atomic E-state index is -0.0869. The molecule has 21 heavy (non-hydrogen) atoms. The Kier molecular flexibility index (Phi) is 4.93. The van der Waals surface area contributed by atoms with E-state index in [1.165, 1.54) is 0 Å². The van der Waals surface area contributed by atoms with E-state index in [9.17, 15) is 4.79 Å². The van der Waals surface area contributed by atoms with Crippen molar-refractivity contribution in [3.05, 3.63) is 54.4 Å². The number of hydrogen-bond donors (Lipinski definition) is 1. The fourth-order valence-electron chi connectivity index (χ4n) is 2.16. The van der Waals surface area contributed by atoms with E-state index in [1.807, 2.05) is 43.3 Å². The van der Waals surface area contributed by atoms with Gasteiger partial charge in [0.05, 0.1) is 0 Å². The lowest BCUT2D eigenvalue weighted by Gasteiger charge is -2.21. The average Bonchev–Trinajstić information content (AvgIpc) is 2.48. The number of anilines is 2. The van der Waals surface area contributed by atoms with Crippen molar-refractivity contribution >= 4 is 17.3 Å². The zero-order valence-corrected chi connectivity index (χ0v) is 12.7. The molecule has 0 spiro atoms. The fraction of sp³-hybridized carbons (Fsp3) is 0.294. The molecule has 2 aromatic rings. The SMILES string of the molecule is CCN(C(=O)c1cc(NC(C)C)ccn1)c1ccccc1. The lowest BCUT2D eigenvalue weighted by Crippen LogP contribution is -2.31. The molecule has 4 nitrogen and oxygen atoms in total. The Balaban J connectivity index is 2.26. The molecule has 0 bridgehead atoms. The number of pyridine rings is 1. The molecular formula is C17H21N3O. The van der Waals surface area contributed by atoms with Gasteiger partial charge in [0.15, 0.2) is 0 Å². The van der Waals surface area contributed by atoms with Crippen LogP contribution in [0.15, 0.2) is 48.7 Å². The molecule has 1 amide bonds. The molecule has 1 heterocycles. The quantitative estimate of drug-likeness (QED) is 0.912. The van der Waals surface area contributed by atoms with Gasteiger partial charge in [-0.1, -0.05) is 18.2 Å². The smallest absolute Gasteiger partial charge is 0.276 e. The van der Waals surface area contributed by atoms with Crippen LogP contribution >= 0.6 is 0 Å². The maximum Gasteiger partial charge on any atom is 0.276 e. The highest BCUT2D eigenvalue weighted by Gasteiger charge is 2.17. The van der Waals surface area contributed by atoms with Gasteiger partial charge in [-0.05, 0) is 45.0 Å². The van der Waals surface area contributed by atoms with Crippen LogP contribution < -0.4 is 10.2 Å². The number of benzene rings is 1. The monoisotopic (exact) mass is 283 g/mol. The molecule has 0 aliphatic heterocycles. The number of carbonyl (C=O) groups is 1. The molecule has 1 N–H and O–H groups in total. The second kappa shape index (κ2) is 6.88. The van der Waals surface area contributed by atoms with Gasteiger partial charge < -0.3 is 10.2 Å². The first-order valence-electron chi connectivity index (χ1n) is 7.21. The molecule has 0 saturated carbocycles. The first-order chi connectivity index (χ1) is 10.1. The van der Waals surface area contributed by atoms with Crippen LogP contribution in [-0.2, 0) is 0 Å². The minimum absolute atomic E-state index is 0.0869. The van der Waals surface area contributed by atoms with Crippen LogP contribution in [0.25, 0.3) is 0 Å². The van der Waals surface area contributed by atoms with Crippen molar-refractivity contribution < 1.29 is 4.79 Å². The largest absolute Gasteiger partial charge is 0.383 e. The molecule has 0 saturated heterocycles. The summed E-state index contributed by atoms with van der Waals surface area (Å²) in [5.74, 6) is -0.0869. The summed E-state index contributed by atoms with van der Waals surface area (Å²) in [7, 11) is 0. The molecule has 0 aliphatic carbocycles. The molecule has 0 atom stereocenters. The third-order valence-corrected chi connectivity index (χ3v) is 3.06. The fourth-order valence-corrected chi connectivity index (χ4v) is 2.16. The number of nitrogens with one attached hydrogen (secondary N) is 1. The second-order valence-electron chi connectivity index (χ2n) is 5.11. The average molecular weight is 283 g/mol. The van der Waals surface area contributed by atoms with E-state index in [-0.39, 0.29) is 5.91 Å². The van der Waals surface area contributed by atoms with Crippen molar-refractivity contribution in [2.45, 2.75) is 26.8 Å². The highest BCUT2D eigenvalue weighted by molar-refractivity contribution is 6.05. The number of amides is 1. The maximum absolute atomic E-state index is 12.7. The van der Waals surface area contributed by atoms with Gasteiger partial charge >= 0.3 is 0 Å². The Morgan fingerprint density at radius 3 is 2.57 bits per heavy atom. The summed E-state index contributed by atoms with van der Waals surface area (Å²) < 4.78 is 0. The van der Waals surface area contributed by atoms with Gasteiger partial charge in [-0.2, -0.15) is 0 Å². The molecule has 0 unspecified atom stereocenters. The number of nitrogens with zero attached hydrogens (tertiary/aromatic N) is 2. The third kappa shape index (κ3) is 3.81. The van der Waals surface area contributed by atoms with E-state index in [1.54, 1.807) is 17.2 Å². The topological polar surface area (TPSA) is 45.2 Å². The molecule has 1 aromatic carbocycles. The van der Waals surface area contributed by atoms with Crippen molar-refractivity contribution in [1.29, 1.82) is 0 Å². The summed E-state index contributed by atoms with van der Waals surface area (Å²) in [4.78, 5) is 18.6. The standard InChI is InChI=1S/C17H21N3O/c1-4-20(15-8-6-5-7-9-15)17(21)16-12-14(10-11-18-16)19-13(2)3/h5-13H,4H2,1-3H3,(H,18,19). The number of rotatable bonds is 5. The summed E-state index contributed by atoms with van der Waals surface area (Å²) in [6.07, 6.45) is 1.66. The second-order valence-corrected chi connectivity index (χ2v) is 5.11. The van der Waals surface area contributed by atoms with E-state index in [0.29, 0.717) is 18.3 Å². The molecule has 4 heteroatoms. The summed E-state index contributed by atoms with van der Waals surface area (Å²) in [5, 5.41) is 3.29. The number of hydrogen-bond acceptors (Lipinski definition) is 3. The summed E-state index contributed by atoms with van der Waals surface area (Å²) in [5.41, 5.74) is 2.24. The molecular weight excluding hydrogens is 262 g/mol. The Morgan fingerprint density at radius 1 is 1.24 bits per heavy atom. The number of carbonyl (C=O) groups excluding carboxylic acids is 1. The summed E-state index contributed by atoms with van der Waals surface area (Å²) in [6.45, 7) is 6.68. The minimum Gasteiger partial charge on any atom is -0.383 e. The zero-order chi connectivity index (χ0) is 15.2. The first kappa shape index (κ1) is 15.0. The highest BCUT2D eigenvalue weighted by Crippen LogP contribution is 2.17. The van der Waals surface area contributed by atoms with E-state index < -0.39 is 0 Å². The van der Waals surface area contributed by atoms with Crippen molar-refractivity contribution in [1.82, 2.24) is 4.98 Å². The summed E-state index contributed by atoms with van der Waals surface area (Å²) in [6, 6.07) is 13.6.